The van der Waals surface area contributed by atoms with E-state index in [0.717, 1.165) is 37.9 Å². The maximum absolute atomic E-state index is 12.5. The molecule has 4 rings (SSSR count). The van der Waals surface area contributed by atoms with E-state index in [-0.39, 0.29) is 23.2 Å². The molecule has 0 radical (unpaired) electrons. The van der Waals surface area contributed by atoms with E-state index in [2.05, 4.69) is 22.4 Å². The summed E-state index contributed by atoms with van der Waals surface area (Å²) in [4.78, 5) is 27.0. The zero-order valence-electron chi connectivity index (χ0n) is 17.1. The van der Waals surface area contributed by atoms with E-state index in [1.54, 1.807) is 24.3 Å². The summed E-state index contributed by atoms with van der Waals surface area (Å²) in [6.45, 7) is 1.91. The highest BCUT2D eigenvalue weighted by atomic mass is 16.5. The van der Waals surface area contributed by atoms with Gasteiger partial charge in [-0.3, -0.25) is 14.5 Å². The Hall–Kier alpha value is -3.17. The van der Waals surface area contributed by atoms with Crippen molar-refractivity contribution in [3.8, 4) is 6.07 Å². The van der Waals surface area contributed by atoms with Crippen LogP contribution in [0.5, 0.6) is 0 Å². The number of likely N-dealkylation sites (tertiary alicyclic amines) is 1. The van der Waals surface area contributed by atoms with Gasteiger partial charge in [0.05, 0.1) is 31.2 Å². The number of carbonyl (C=O) groups excluding carboxylic acids is 2. The van der Waals surface area contributed by atoms with Crippen LogP contribution in [0.4, 0.5) is 5.69 Å². The van der Waals surface area contributed by atoms with Gasteiger partial charge in [0.25, 0.3) is 0 Å². The van der Waals surface area contributed by atoms with Crippen molar-refractivity contribution in [3.05, 3.63) is 65.2 Å². The SMILES string of the molecule is COC(=O)C1CC2(CCN(CC(=O)Nc3cccc(C#N)c3)CC2)c2ccccc21. The zero-order chi connectivity index (χ0) is 21.1. The van der Waals surface area contributed by atoms with Gasteiger partial charge in [-0.15, -0.1) is 0 Å². The van der Waals surface area contributed by atoms with E-state index < -0.39 is 0 Å². The Morgan fingerprint density at radius 2 is 1.97 bits per heavy atom. The molecule has 6 nitrogen and oxygen atoms in total. The molecule has 1 saturated heterocycles. The van der Waals surface area contributed by atoms with Crippen LogP contribution >= 0.6 is 0 Å². The first kappa shape index (κ1) is 20.1. The Morgan fingerprint density at radius 3 is 2.70 bits per heavy atom. The molecule has 0 bridgehead atoms. The van der Waals surface area contributed by atoms with Gasteiger partial charge in [-0.05, 0) is 67.1 Å². The first-order valence-electron chi connectivity index (χ1n) is 10.2. The number of methoxy groups -OCH3 is 1. The van der Waals surface area contributed by atoms with E-state index in [1.165, 1.54) is 12.7 Å². The standard InChI is InChI=1S/C24H25N3O3/c1-30-23(29)20-14-24(21-8-3-2-7-19(20)21)9-11-27(12-10-24)16-22(28)26-18-6-4-5-17(13-18)15-25/h2-8,13,20H,9-12,14,16H2,1H3,(H,26,28). The summed E-state index contributed by atoms with van der Waals surface area (Å²) in [5.74, 6) is -0.450. The third-order valence-corrected chi connectivity index (χ3v) is 6.44. The largest absolute Gasteiger partial charge is 0.469 e. The fraction of sp³-hybridized carbons (Fsp3) is 0.375. The van der Waals surface area contributed by atoms with Gasteiger partial charge in [-0.25, -0.2) is 0 Å². The highest BCUT2D eigenvalue weighted by Crippen LogP contribution is 2.51. The number of fused-ring (bicyclic) bond motifs is 2. The molecule has 1 aliphatic carbocycles. The molecule has 154 valence electrons. The summed E-state index contributed by atoms with van der Waals surface area (Å²) in [5, 5.41) is 11.9. The first-order chi connectivity index (χ1) is 14.5. The molecule has 0 aromatic heterocycles. The average molecular weight is 403 g/mol. The highest BCUT2D eigenvalue weighted by Gasteiger charge is 2.47. The van der Waals surface area contributed by atoms with E-state index in [9.17, 15) is 9.59 Å². The molecule has 30 heavy (non-hydrogen) atoms. The number of hydrogen-bond donors (Lipinski definition) is 1. The van der Waals surface area contributed by atoms with Gasteiger partial charge >= 0.3 is 5.97 Å². The number of hydrogen-bond acceptors (Lipinski definition) is 5. The molecule has 2 aromatic carbocycles. The van der Waals surface area contributed by atoms with Gasteiger partial charge in [-0.2, -0.15) is 5.26 Å². The number of nitrogens with one attached hydrogen (secondary N) is 1. The minimum atomic E-state index is -0.201. The predicted molar refractivity (Wildman–Crippen MR) is 113 cm³/mol. The quantitative estimate of drug-likeness (QED) is 0.793. The summed E-state index contributed by atoms with van der Waals surface area (Å²) in [6, 6.07) is 17.2. The Labute approximate surface area is 176 Å². The number of nitriles is 1. The minimum Gasteiger partial charge on any atom is -0.469 e. The molecule has 1 N–H and O–H groups in total. The van der Waals surface area contributed by atoms with Gasteiger partial charge < -0.3 is 10.1 Å². The fourth-order valence-electron chi connectivity index (χ4n) is 4.93. The third-order valence-electron chi connectivity index (χ3n) is 6.44. The van der Waals surface area contributed by atoms with Gasteiger partial charge in [0, 0.05) is 5.69 Å². The van der Waals surface area contributed by atoms with Gasteiger partial charge in [-0.1, -0.05) is 30.3 Å². The maximum Gasteiger partial charge on any atom is 0.313 e. The Balaban J connectivity index is 1.40. The molecule has 1 atom stereocenters. The fourth-order valence-corrected chi connectivity index (χ4v) is 4.93. The highest BCUT2D eigenvalue weighted by molar-refractivity contribution is 5.92. The molecule has 1 spiro atoms. The normalized spacial score (nSPS) is 19.7. The van der Waals surface area contributed by atoms with Crippen molar-refractivity contribution in [2.45, 2.75) is 30.6 Å². The third kappa shape index (κ3) is 3.81. The number of esters is 1. The van der Waals surface area contributed by atoms with Crippen LogP contribution in [0.25, 0.3) is 0 Å². The van der Waals surface area contributed by atoms with Crippen LogP contribution in [-0.4, -0.2) is 43.5 Å². The molecule has 1 fully saturated rings. The molecule has 1 amide bonds. The number of carbonyl (C=O) groups is 2. The van der Waals surface area contributed by atoms with Crippen LogP contribution in [0, 0.1) is 11.3 Å². The zero-order valence-corrected chi connectivity index (χ0v) is 17.1. The summed E-state index contributed by atoms with van der Waals surface area (Å²) < 4.78 is 5.05. The smallest absolute Gasteiger partial charge is 0.313 e. The lowest BCUT2D eigenvalue weighted by molar-refractivity contribution is -0.142. The van der Waals surface area contributed by atoms with Crippen molar-refractivity contribution < 1.29 is 14.3 Å². The molecule has 0 saturated carbocycles. The number of piperidine rings is 1. The van der Waals surface area contributed by atoms with Crippen LogP contribution in [0.2, 0.25) is 0 Å². The van der Waals surface area contributed by atoms with Crippen molar-refractivity contribution in [1.82, 2.24) is 4.90 Å². The summed E-state index contributed by atoms with van der Waals surface area (Å²) in [7, 11) is 1.45. The lowest BCUT2D eigenvalue weighted by atomic mass is 9.73. The molecular formula is C24H25N3O3. The second kappa shape index (κ2) is 8.29. The van der Waals surface area contributed by atoms with Crippen molar-refractivity contribution >= 4 is 17.6 Å². The molecular weight excluding hydrogens is 378 g/mol. The number of anilines is 1. The molecule has 2 aliphatic rings. The topological polar surface area (TPSA) is 82.4 Å². The summed E-state index contributed by atoms with van der Waals surface area (Å²) in [5.41, 5.74) is 3.49. The maximum atomic E-state index is 12.5. The van der Waals surface area contributed by atoms with Crippen LogP contribution in [0.15, 0.2) is 48.5 Å². The molecule has 1 heterocycles. The lowest BCUT2D eigenvalue weighted by Gasteiger charge is -2.40. The van der Waals surface area contributed by atoms with E-state index >= 15 is 0 Å². The van der Waals surface area contributed by atoms with Crippen LogP contribution < -0.4 is 5.32 Å². The number of benzene rings is 2. The van der Waals surface area contributed by atoms with Crippen molar-refractivity contribution in [2.24, 2.45) is 0 Å². The lowest BCUT2D eigenvalue weighted by Crippen LogP contribution is -2.44. The Kier molecular flexibility index (Phi) is 5.56. The Bertz CT molecular complexity index is 1000. The Morgan fingerprint density at radius 1 is 1.20 bits per heavy atom. The predicted octanol–water partition coefficient (Wildman–Crippen LogP) is 3.19. The van der Waals surface area contributed by atoms with Crippen molar-refractivity contribution in [2.75, 3.05) is 32.1 Å². The summed E-state index contributed by atoms with van der Waals surface area (Å²) in [6.07, 6.45) is 2.60. The molecule has 1 unspecified atom stereocenters. The van der Waals surface area contributed by atoms with Crippen molar-refractivity contribution in [3.63, 3.8) is 0 Å². The van der Waals surface area contributed by atoms with Gasteiger partial charge in [0.15, 0.2) is 0 Å². The average Bonchev–Trinajstić information content (AvgIpc) is 3.09. The van der Waals surface area contributed by atoms with E-state index in [0.29, 0.717) is 17.8 Å². The van der Waals surface area contributed by atoms with Gasteiger partial charge in [0.2, 0.25) is 5.91 Å². The minimum absolute atomic E-state index is 0.0243. The second-order valence-corrected chi connectivity index (χ2v) is 8.16. The van der Waals surface area contributed by atoms with Crippen LogP contribution in [0.3, 0.4) is 0 Å². The van der Waals surface area contributed by atoms with Crippen LogP contribution in [-0.2, 0) is 19.7 Å². The molecule has 6 heteroatoms. The summed E-state index contributed by atoms with van der Waals surface area (Å²) >= 11 is 0. The molecule has 2 aromatic rings. The number of rotatable bonds is 4. The monoisotopic (exact) mass is 403 g/mol. The van der Waals surface area contributed by atoms with Gasteiger partial charge in [0.1, 0.15) is 0 Å². The van der Waals surface area contributed by atoms with Crippen LogP contribution in [0.1, 0.15) is 41.9 Å². The second-order valence-electron chi connectivity index (χ2n) is 8.16. The number of amides is 1. The number of ether oxygens (including phenoxy) is 1. The van der Waals surface area contributed by atoms with Crippen molar-refractivity contribution in [1.29, 1.82) is 5.26 Å². The molecule has 1 aliphatic heterocycles. The first-order valence-corrected chi connectivity index (χ1v) is 10.2. The number of nitrogens with zero attached hydrogens (tertiary/aromatic N) is 2. The van der Waals surface area contributed by atoms with E-state index in [1.807, 2.05) is 18.2 Å². The van der Waals surface area contributed by atoms with E-state index in [4.69, 9.17) is 10.00 Å².